The molecule has 2 rings (SSSR count). The van der Waals surface area contributed by atoms with Crippen LogP contribution in [0.3, 0.4) is 0 Å². The van der Waals surface area contributed by atoms with Crippen LogP contribution in [0.5, 0.6) is 0 Å². The van der Waals surface area contributed by atoms with E-state index in [0.717, 1.165) is 0 Å². The number of likely N-dealkylation sites (tertiary alicyclic amines) is 1. The van der Waals surface area contributed by atoms with Gasteiger partial charge in [0.2, 0.25) is 0 Å². The van der Waals surface area contributed by atoms with E-state index in [-0.39, 0.29) is 0 Å². The summed E-state index contributed by atoms with van der Waals surface area (Å²) in [5, 5.41) is 0. The molecule has 1 nitrogen and oxygen atoms in total. The lowest BCUT2D eigenvalue weighted by atomic mass is 9.82. The Morgan fingerprint density at radius 3 is 2.56 bits per heavy atom. The van der Waals surface area contributed by atoms with Gasteiger partial charge >= 0.3 is 0 Å². The van der Waals surface area contributed by atoms with Gasteiger partial charge in [0.15, 0.2) is 0 Å². The molecule has 0 saturated carbocycles. The summed E-state index contributed by atoms with van der Waals surface area (Å²) in [6, 6.07) is 12.0. The van der Waals surface area contributed by atoms with E-state index in [4.69, 9.17) is 0 Å². The molecule has 1 aliphatic heterocycles. The van der Waals surface area contributed by atoms with E-state index in [2.05, 4.69) is 68.7 Å². The smallest absolute Gasteiger partial charge is 0.0322 e. The van der Waals surface area contributed by atoms with Crippen molar-refractivity contribution in [1.82, 2.24) is 4.90 Å². The summed E-state index contributed by atoms with van der Waals surface area (Å²) < 4.78 is 0. The van der Waals surface area contributed by atoms with Gasteiger partial charge in [0.1, 0.15) is 0 Å². The first-order valence-electron chi connectivity index (χ1n) is 7.06. The van der Waals surface area contributed by atoms with Crippen molar-refractivity contribution >= 4 is 0 Å². The SMILES string of the molecule is C=C[C@H]1C[C@@H](C)N([C@H](C)c2ccccc2)C[C@@H]1C. The fourth-order valence-electron chi connectivity index (χ4n) is 3.20. The summed E-state index contributed by atoms with van der Waals surface area (Å²) in [4.78, 5) is 2.64. The standard InChI is InChI=1S/C17H25N/c1-5-16-11-14(3)18(12-13(16)2)15(4)17-9-7-6-8-10-17/h5-10,13-16H,1,11-12H2,2-4H3/t13-,14+,15+,16-/m0/s1. The normalized spacial score (nSPS) is 30.9. The van der Waals surface area contributed by atoms with Crippen molar-refractivity contribution in [3.05, 3.63) is 48.6 Å². The molecular weight excluding hydrogens is 218 g/mol. The predicted molar refractivity (Wildman–Crippen MR) is 78.5 cm³/mol. The molecule has 0 aromatic heterocycles. The molecule has 0 spiro atoms. The monoisotopic (exact) mass is 243 g/mol. The fraction of sp³-hybridized carbons (Fsp3) is 0.529. The molecule has 1 heterocycles. The Labute approximate surface area is 112 Å². The Balaban J connectivity index is 2.11. The number of allylic oxidation sites excluding steroid dienone is 1. The number of hydrogen-bond acceptors (Lipinski definition) is 1. The number of nitrogens with zero attached hydrogens (tertiary/aromatic N) is 1. The topological polar surface area (TPSA) is 3.24 Å². The minimum atomic E-state index is 0.509. The first-order chi connectivity index (χ1) is 8.63. The van der Waals surface area contributed by atoms with Crippen LogP contribution >= 0.6 is 0 Å². The minimum absolute atomic E-state index is 0.509. The highest BCUT2D eigenvalue weighted by molar-refractivity contribution is 5.18. The lowest BCUT2D eigenvalue weighted by molar-refractivity contribution is 0.0616. The molecule has 1 fully saturated rings. The number of hydrogen-bond donors (Lipinski definition) is 0. The van der Waals surface area contributed by atoms with Gasteiger partial charge in [-0.15, -0.1) is 6.58 Å². The first kappa shape index (κ1) is 13.4. The van der Waals surface area contributed by atoms with Gasteiger partial charge in [0.05, 0.1) is 0 Å². The molecule has 0 bridgehead atoms. The molecule has 18 heavy (non-hydrogen) atoms. The van der Waals surface area contributed by atoms with Crippen LogP contribution in [-0.4, -0.2) is 17.5 Å². The van der Waals surface area contributed by atoms with Crippen molar-refractivity contribution in [3.8, 4) is 0 Å². The van der Waals surface area contributed by atoms with Crippen molar-refractivity contribution in [2.24, 2.45) is 11.8 Å². The van der Waals surface area contributed by atoms with Gasteiger partial charge in [-0.05, 0) is 37.7 Å². The summed E-state index contributed by atoms with van der Waals surface area (Å²) >= 11 is 0. The summed E-state index contributed by atoms with van der Waals surface area (Å²) in [6.07, 6.45) is 3.38. The zero-order valence-corrected chi connectivity index (χ0v) is 11.8. The second-order valence-electron chi connectivity index (χ2n) is 5.75. The zero-order valence-electron chi connectivity index (χ0n) is 11.8. The molecule has 0 amide bonds. The Morgan fingerprint density at radius 1 is 1.28 bits per heavy atom. The maximum absolute atomic E-state index is 3.98. The molecular formula is C17H25N. The molecule has 0 radical (unpaired) electrons. The molecule has 1 aromatic rings. The third kappa shape index (κ3) is 2.67. The molecule has 98 valence electrons. The highest BCUT2D eigenvalue weighted by Crippen LogP contribution is 2.34. The van der Waals surface area contributed by atoms with E-state index < -0.39 is 0 Å². The summed E-state index contributed by atoms with van der Waals surface area (Å²) in [5.41, 5.74) is 1.42. The summed E-state index contributed by atoms with van der Waals surface area (Å²) in [5.74, 6) is 1.39. The lowest BCUT2D eigenvalue weighted by Gasteiger charge is -2.44. The minimum Gasteiger partial charge on any atom is -0.294 e. The average molecular weight is 243 g/mol. The number of rotatable bonds is 3. The quantitative estimate of drug-likeness (QED) is 0.716. The first-order valence-corrected chi connectivity index (χ1v) is 7.06. The van der Waals surface area contributed by atoms with Crippen LogP contribution in [0.15, 0.2) is 43.0 Å². The van der Waals surface area contributed by atoms with Crippen molar-refractivity contribution in [1.29, 1.82) is 0 Å². The van der Waals surface area contributed by atoms with Crippen molar-refractivity contribution in [2.45, 2.75) is 39.3 Å². The maximum Gasteiger partial charge on any atom is 0.0322 e. The van der Waals surface area contributed by atoms with Crippen LogP contribution in [0, 0.1) is 11.8 Å². The zero-order chi connectivity index (χ0) is 13.1. The Hall–Kier alpha value is -1.08. The van der Waals surface area contributed by atoms with E-state index in [9.17, 15) is 0 Å². The highest BCUT2D eigenvalue weighted by atomic mass is 15.2. The van der Waals surface area contributed by atoms with Gasteiger partial charge in [-0.1, -0.05) is 43.3 Å². The predicted octanol–water partition coefficient (Wildman–Crippen LogP) is 4.28. The molecule has 0 aliphatic carbocycles. The number of piperidine rings is 1. The van der Waals surface area contributed by atoms with Crippen LogP contribution in [0.25, 0.3) is 0 Å². The van der Waals surface area contributed by atoms with E-state index in [1.807, 2.05) is 0 Å². The summed E-state index contributed by atoms with van der Waals surface area (Å²) in [6.45, 7) is 12.2. The van der Waals surface area contributed by atoms with Crippen LogP contribution in [0.1, 0.15) is 38.8 Å². The molecule has 1 heteroatoms. The fourth-order valence-corrected chi connectivity index (χ4v) is 3.20. The van der Waals surface area contributed by atoms with Crippen molar-refractivity contribution in [3.63, 3.8) is 0 Å². The molecule has 0 unspecified atom stereocenters. The van der Waals surface area contributed by atoms with Crippen LogP contribution in [0.2, 0.25) is 0 Å². The second-order valence-corrected chi connectivity index (χ2v) is 5.75. The van der Waals surface area contributed by atoms with Gasteiger partial charge in [0, 0.05) is 18.6 Å². The second kappa shape index (κ2) is 5.71. The molecule has 1 aliphatic rings. The lowest BCUT2D eigenvalue weighted by Crippen LogP contribution is -2.45. The van der Waals surface area contributed by atoms with Gasteiger partial charge in [-0.3, -0.25) is 4.90 Å². The van der Waals surface area contributed by atoms with E-state index >= 15 is 0 Å². The third-order valence-corrected chi connectivity index (χ3v) is 4.49. The van der Waals surface area contributed by atoms with Crippen LogP contribution in [0.4, 0.5) is 0 Å². The van der Waals surface area contributed by atoms with Crippen LogP contribution < -0.4 is 0 Å². The van der Waals surface area contributed by atoms with E-state index in [1.54, 1.807) is 0 Å². The molecule has 1 saturated heterocycles. The van der Waals surface area contributed by atoms with Gasteiger partial charge in [0.25, 0.3) is 0 Å². The van der Waals surface area contributed by atoms with Gasteiger partial charge < -0.3 is 0 Å². The summed E-state index contributed by atoms with van der Waals surface area (Å²) in [7, 11) is 0. The van der Waals surface area contributed by atoms with Crippen LogP contribution in [-0.2, 0) is 0 Å². The van der Waals surface area contributed by atoms with Crippen molar-refractivity contribution in [2.75, 3.05) is 6.54 Å². The average Bonchev–Trinajstić information content (AvgIpc) is 2.41. The third-order valence-electron chi connectivity index (χ3n) is 4.49. The highest BCUT2D eigenvalue weighted by Gasteiger charge is 2.32. The van der Waals surface area contributed by atoms with E-state index in [1.165, 1.54) is 18.5 Å². The Morgan fingerprint density at radius 2 is 1.94 bits per heavy atom. The van der Waals surface area contributed by atoms with Gasteiger partial charge in [-0.25, -0.2) is 0 Å². The molecule has 4 atom stereocenters. The Kier molecular flexibility index (Phi) is 4.23. The maximum atomic E-state index is 3.98. The van der Waals surface area contributed by atoms with Crippen molar-refractivity contribution < 1.29 is 0 Å². The Bertz CT molecular complexity index is 384. The van der Waals surface area contributed by atoms with E-state index in [0.29, 0.717) is 23.9 Å². The molecule has 0 N–H and O–H groups in total. The molecule has 1 aromatic carbocycles. The largest absolute Gasteiger partial charge is 0.294 e. The number of benzene rings is 1. The van der Waals surface area contributed by atoms with Gasteiger partial charge in [-0.2, -0.15) is 0 Å².